The molecule has 0 radical (unpaired) electrons. The monoisotopic (exact) mass is 240 g/mol. The second-order valence-corrected chi connectivity index (χ2v) is 5.85. The van der Waals surface area contributed by atoms with Gasteiger partial charge in [0, 0.05) is 19.6 Å². The zero-order valence-corrected chi connectivity index (χ0v) is 11.2. The van der Waals surface area contributed by atoms with Crippen LogP contribution in [0.15, 0.2) is 0 Å². The van der Waals surface area contributed by atoms with Gasteiger partial charge in [-0.3, -0.25) is 9.69 Å². The number of ether oxygens (including phenoxy) is 1. The van der Waals surface area contributed by atoms with E-state index < -0.39 is 0 Å². The second-order valence-electron chi connectivity index (χ2n) is 5.85. The molecule has 0 aromatic carbocycles. The van der Waals surface area contributed by atoms with Gasteiger partial charge in [0.1, 0.15) is 0 Å². The fourth-order valence-corrected chi connectivity index (χ4v) is 2.84. The lowest BCUT2D eigenvalue weighted by atomic mass is 10.2. The Kier molecular flexibility index (Phi) is 4.05. The predicted octanol–water partition coefficient (Wildman–Crippen LogP) is 0.964. The quantitative estimate of drug-likeness (QED) is 0.734. The molecule has 17 heavy (non-hydrogen) atoms. The minimum atomic E-state index is 0.258. The smallest absolute Gasteiger partial charge is 0.236 e. The number of carbonyl (C=O) groups excluding carboxylic acids is 1. The third-order valence-corrected chi connectivity index (χ3v) is 3.48. The SMILES string of the molecule is CC(C)CN(C)CC(=O)N1CC2CCC(C1)O2. The van der Waals surface area contributed by atoms with E-state index in [1.165, 1.54) is 0 Å². The van der Waals surface area contributed by atoms with Crippen LogP contribution in [0.2, 0.25) is 0 Å². The molecule has 0 N–H and O–H groups in total. The first kappa shape index (κ1) is 12.8. The summed E-state index contributed by atoms with van der Waals surface area (Å²) in [5, 5.41) is 0. The van der Waals surface area contributed by atoms with Crippen molar-refractivity contribution in [2.75, 3.05) is 33.2 Å². The lowest BCUT2D eigenvalue weighted by Crippen LogP contribution is -2.49. The van der Waals surface area contributed by atoms with Crippen LogP contribution in [0.5, 0.6) is 0 Å². The number of fused-ring (bicyclic) bond motifs is 2. The Morgan fingerprint density at radius 1 is 1.35 bits per heavy atom. The summed E-state index contributed by atoms with van der Waals surface area (Å²) >= 11 is 0. The molecule has 1 amide bonds. The van der Waals surface area contributed by atoms with Gasteiger partial charge in [-0.15, -0.1) is 0 Å². The van der Waals surface area contributed by atoms with Crippen molar-refractivity contribution in [2.24, 2.45) is 5.92 Å². The third-order valence-electron chi connectivity index (χ3n) is 3.48. The fourth-order valence-electron chi connectivity index (χ4n) is 2.84. The topological polar surface area (TPSA) is 32.8 Å². The van der Waals surface area contributed by atoms with Crippen molar-refractivity contribution in [3.05, 3.63) is 0 Å². The molecule has 2 saturated heterocycles. The van der Waals surface area contributed by atoms with Crippen LogP contribution >= 0.6 is 0 Å². The fraction of sp³-hybridized carbons (Fsp3) is 0.923. The van der Waals surface area contributed by atoms with E-state index in [1.807, 2.05) is 11.9 Å². The maximum absolute atomic E-state index is 12.1. The van der Waals surface area contributed by atoms with Gasteiger partial charge in [0.15, 0.2) is 0 Å². The highest BCUT2D eigenvalue weighted by molar-refractivity contribution is 5.78. The van der Waals surface area contributed by atoms with Gasteiger partial charge < -0.3 is 9.64 Å². The average molecular weight is 240 g/mol. The van der Waals surface area contributed by atoms with E-state index in [-0.39, 0.29) is 5.91 Å². The number of morpholine rings is 1. The molecule has 2 unspecified atom stereocenters. The van der Waals surface area contributed by atoms with Crippen LogP contribution < -0.4 is 0 Å². The number of rotatable bonds is 4. The Morgan fingerprint density at radius 3 is 2.47 bits per heavy atom. The maximum Gasteiger partial charge on any atom is 0.236 e. The number of likely N-dealkylation sites (tertiary alicyclic amines) is 1. The molecule has 0 aliphatic carbocycles. The van der Waals surface area contributed by atoms with E-state index in [2.05, 4.69) is 18.7 Å². The molecule has 4 nitrogen and oxygen atoms in total. The second kappa shape index (κ2) is 5.36. The summed E-state index contributed by atoms with van der Waals surface area (Å²) in [7, 11) is 2.02. The summed E-state index contributed by atoms with van der Waals surface area (Å²) in [4.78, 5) is 16.2. The van der Waals surface area contributed by atoms with E-state index >= 15 is 0 Å². The van der Waals surface area contributed by atoms with Crippen molar-refractivity contribution in [1.29, 1.82) is 0 Å². The number of nitrogens with zero attached hydrogens (tertiary/aromatic N) is 2. The van der Waals surface area contributed by atoms with Crippen LogP contribution in [0.3, 0.4) is 0 Å². The molecule has 0 saturated carbocycles. The van der Waals surface area contributed by atoms with Crippen molar-refractivity contribution >= 4 is 5.91 Å². The van der Waals surface area contributed by atoms with Crippen LogP contribution in [0.4, 0.5) is 0 Å². The largest absolute Gasteiger partial charge is 0.371 e. The van der Waals surface area contributed by atoms with E-state index in [0.717, 1.165) is 32.5 Å². The molecule has 2 aliphatic rings. The number of hydrogen-bond acceptors (Lipinski definition) is 3. The summed E-state index contributed by atoms with van der Waals surface area (Å²) in [6.07, 6.45) is 2.84. The summed E-state index contributed by atoms with van der Waals surface area (Å²) < 4.78 is 5.74. The van der Waals surface area contributed by atoms with Crippen molar-refractivity contribution < 1.29 is 9.53 Å². The molecule has 0 aromatic heterocycles. The van der Waals surface area contributed by atoms with Crippen LogP contribution in [-0.4, -0.2) is 61.1 Å². The summed E-state index contributed by atoms with van der Waals surface area (Å²) in [5.74, 6) is 0.863. The number of likely N-dealkylation sites (N-methyl/N-ethyl adjacent to an activating group) is 1. The normalized spacial score (nSPS) is 28.2. The van der Waals surface area contributed by atoms with Crippen LogP contribution in [-0.2, 0) is 9.53 Å². The maximum atomic E-state index is 12.1. The van der Waals surface area contributed by atoms with E-state index in [0.29, 0.717) is 24.7 Å². The minimum absolute atomic E-state index is 0.258. The van der Waals surface area contributed by atoms with Crippen molar-refractivity contribution in [2.45, 2.75) is 38.9 Å². The number of carbonyl (C=O) groups is 1. The summed E-state index contributed by atoms with van der Waals surface area (Å²) in [6, 6.07) is 0. The van der Waals surface area contributed by atoms with Gasteiger partial charge in [-0.25, -0.2) is 0 Å². The van der Waals surface area contributed by atoms with Crippen LogP contribution in [0.25, 0.3) is 0 Å². The average Bonchev–Trinajstić information content (AvgIpc) is 2.56. The molecular formula is C13H24N2O2. The van der Waals surface area contributed by atoms with Gasteiger partial charge in [-0.2, -0.15) is 0 Å². The molecule has 98 valence electrons. The molecular weight excluding hydrogens is 216 g/mol. The Morgan fingerprint density at radius 2 is 1.94 bits per heavy atom. The van der Waals surface area contributed by atoms with Crippen molar-refractivity contribution in [1.82, 2.24) is 9.80 Å². The Hall–Kier alpha value is -0.610. The summed E-state index contributed by atoms with van der Waals surface area (Å²) in [6.45, 7) is 7.46. The van der Waals surface area contributed by atoms with Gasteiger partial charge in [0.2, 0.25) is 5.91 Å². The van der Waals surface area contributed by atoms with E-state index in [9.17, 15) is 4.79 Å². The molecule has 2 rings (SSSR count). The Balaban J connectivity index is 1.80. The van der Waals surface area contributed by atoms with Gasteiger partial charge >= 0.3 is 0 Å². The molecule has 2 fully saturated rings. The van der Waals surface area contributed by atoms with E-state index in [4.69, 9.17) is 4.74 Å². The Bertz CT molecular complexity index is 269. The molecule has 2 heterocycles. The molecule has 2 bridgehead atoms. The highest BCUT2D eigenvalue weighted by Crippen LogP contribution is 2.26. The van der Waals surface area contributed by atoms with Crippen LogP contribution in [0, 0.1) is 5.92 Å². The van der Waals surface area contributed by atoms with Gasteiger partial charge in [-0.05, 0) is 25.8 Å². The van der Waals surface area contributed by atoms with Gasteiger partial charge in [0.25, 0.3) is 0 Å². The van der Waals surface area contributed by atoms with Gasteiger partial charge in [-0.1, -0.05) is 13.8 Å². The van der Waals surface area contributed by atoms with Crippen LogP contribution in [0.1, 0.15) is 26.7 Å². The molecule has 2 atom stereocenters. The first-order chi connectivity index (χ1) is 8.04. The van der Waals surface area contributed by atoms with E-state index in [1.54, 1.807) is 0 Å². The van der Waals surface area contributed by atoms with Crippen molar-refractivity contribution in [3.8, 4) is 0 Å². The van der Waals surface area contributed by atoms with Crippen molar-refractivity contribution in [3.63, 3.8) is 0 Å². The number of amides is 1. The molecule has 0 spiro atoms. The standard InChI is InChI=1S/C13H24N2O2/c1-10(2)6-14(3)9-13(16)15-7-11-4-5-12(8-15)17-11/h10-12H,4-9H2,1-3H3. The first-order valence-corrected chi connectivity index (χ1v) is 6.66. The molecule has 0 aromatic rings. The molecule has 4 heteroatoms. The minimum Gasteiger partial charge on any atom is -0.371 e. The zero-order chi connectivity index (χ0) is 12.4. The predicted molar refractivity (Wildman–Crippen MR) is 66.8 cm³/mol. The highest BCUT2D eigenvalue weighted by atomic mass is 16.5. The lowest BCUT2D eigenvalue weighted by molar-refractivity contribution is -0.140. The zero-order valence-electron chi connectivity index (χ0n) is 11.2. The number of hydrogen-bond donors (Lipinski definition) is 0. The Labute approximate surface area is 104 Å². The highest BCUT2D eigenvalue weighted by Gasteiger charge is 2.35. The van der Waals surface area contributed by atoms with Gasteiger partial charge in [0.05, 0.1) is 18.8 Å². The molecule has 2 aliphatic heterocycles. The lowest BCUT2D eigenvalue weighted by Gasteiger charge is -2.33. The third kappa shape index (κ3) is 3.42. The first-order valence-electron chi connectivity index (χ1n) is 6.66. The summed E-state index contributed by atoms with van der Waals surface area (Å²) in [5.41, 5.74) is 0.